The molecule has 0 aliphatic rings. The van der Waals surface area contributed by atoms with Gasteiger partial charge in [-0.2, -0.15) is 5.26 Å². The van der Waals surface area contributed by atoms with Crippen LogP contribution < -0.4 is 4.72 Å². The normalized spacial score (nSPS) is 11.5. The topological polar surface area (TPSA) is 117 Å². The van der Waals surface area contributed by atoms with Gasteiger partial charge in [-0.1, -0.05) is 45.0 Å². The second-order valence-electron chi connectivity index (χ2n) is 8.60. The largest absolute Gasteiger partial charge is 0.452 e. The fourth-order valence-corrected chi connectivity index (χ4v) is 3.84. The second kappa shape index (κ2) is 11.1. The van der Waals surface area contributed by atoms with E-state index in [0.29, 0.717) is 5.56 Å². The quantitative estimate of drug-likeness (QED) is 0.562. The van der Waals surface area contributed by atoms with Gasteiger partial charge in [-0.25, -0.2) is 17.9 Å². The van der Waals surface area contributed by atoms with E-state index in [1.165, 1.54) is 24.1 Å². The Kier molecular flexibility index (Phi) is 8.74. The van der Waals surface area contributed by atoms with Crippen LogP contribution in [0.2, 0.25) is 0 Å². The van der Waals surface area contributed by atoms with Crippen molar-refractivity contribution in [1.29, 1.82) is 5.26 Å². The summed E-state index contributed by atoms with van der Waals surface area (Å²) in [5.74, 6) is -1.07. The van der Waals surface area contributed by atoms with Crippen LogP contribution in [-0.4, -0.2) is 45.4 Å². The van der Waals surface area contributed by atoms with Crippen molar-refractivity contribution in [3.8, 4) is 6.07 Å². The summed E-state index contributed by atoms with van der Waals surface area (Å²) in [6.45, 7) is 6.07. The number of carbonyl (C=O) groups is 2. The maximum Gasteiger partial charge on any atom is 0.338 e. The second-order valence-corrected chi connectivity index (χ2v) is 10.4. The number of benzene rings is 2. The average molecular weight is 472 g/mol. The predicted molar refractivity (Wildman–Crippen MR) is 124 cm³/mol. The summed E-state index contributed by atoms with van der Waals surface area (Å²) < 4.78 is 32.7. The molecule has 0 radical (unpaired) electrons. The van der Waals surface area contributed by atoms with Gasteiger partial charge in [0.25, 0.3) is 5.91 Å². The molecule has 176 valence electrons. The van der Waals surface area contributed by atoms with Crippen molar-refractivity contribution in [3.63, 3.8) is 0 Å². The third kappa shape index (κ3) is 7.70. The number of ether oxygens (including phenoxy) is 1. The van der Waals surface area contributed by atoms with Gasteiger partial charge in [0.15, 0.2) is 6.61 Å². The zero-order valence-electron chi connectivity index (χ0n) is 19.3. The Morgan fingerprint density at radius 3 is 2.21 bits per heavy atom. The van der Waals surface area contributed by atoms with Crippen molar-refractivity contribution >= 4 is 21.9 Å². The molecule has 9 heteroatoms. The Balaban J connectivity index is 1.91. The molecule has 2 aromatic rings. The molecule has 0 saturated heterocycles. The molecule has 0 saturated carbocycles. The number of rotatable bonds is 9. The van der Waals surface area contributed by atoms with Crippen molar-refractivity contribution in [1.82, 2.24) is 9.62 Å². The Bertz CT molecular complexity index is 1110. The standard InChI is InChI=1S/C24H29N3O5S/c1-24(2,3)20-10-12-21(13-11-20)33(30,31)26-16-18-6-8-19(9-7-18)23(29)32-17-22(28)27(4)15-5-14-25/h6-13,26H,5,15-17H2,1-4H3. The summed E-state index contributed by atoms with van der Waals surface area (Å²) in [6.07, 6.45) is 0.198. The maximum atomic E-state index is 12.6. The molecule has 8 nitrogen and oxygen atoms in total. The van der Waals surface area contributed by atoms with Gasteiger partial charge >= 0.3 is 5.97 Å². The number of nitriles is 1. The summed E-state index contributed by atoms with van der Waals surface area (Å²) in [5, 5.41) is 8.55. The van der Waals surface area contributed by atoms with Crippen LogP contribution in [0.1, 0.15) is 48.7 Å². The number of esters is 1. The highest BCUT2D eigenvalue weighted by Crippen LogP contribution is 2.23. The lowest BCUT2D eigenvalue weighted by atomic mass is 9.87. The summed E-state index contributed by atoms with van der Waals surface area (Å²) in [7, 11) is -2.15. The lowest BCUT2D eigenvalue weighted by Gasteiger charge is -2.19. The Morgan fingerprint density at radius 2 is 1.67 bits per heavy atom. The maximum absolute atomic E-state index is 12.6. The number of likely N-dealkylation sites (N-methyl/N-ethyl adjacent to an activating group) is 1. The predicted octanol–water partition coefficient (Wildman–Crippen LogP) is 2.99. The van der Waals surface area contributed by atoms with Gasteiger partial charge in [-0.05, 0) is 40.8 Å². The fourth-order valence-electron chi connectivity index (χ4n) is 2.82. The molecule has 0 heterocycles. The molecule has 0 aliphatic carbocycles. The molecule has 33 heavy (non-hydrogen) atoms. The van der Waals surface area contributed by atoms with Crippen LogP contribution in [0.3, 0.4) is 0 Å². The van der Waals surface area contributed by atoms with Gasteiger partial charge in [-0.15, -0.1) is 0 Å². The number of nitrogens with zero attached hydrogens (tertiary/aromatic N) is 2. The minimum atomic E-state index is -3.68. The number of hydrogen-bond donors (Lipinski definition) is 1. The Labute approximate surface area is 195 Å². The van der Waals surface area contributed by atoms with E-state index in [-0.39, 0.29) is 35.4 Å². The van der Waals surface area contributed by atoms with E-state index >= 15 is 0 Å². The van der Waals surface area contributed by atoms with Crippen molar-refractivity contribution in [3.05, 3.63) is 65.2 Å². The minimum absolute atomic E-state index is 0.0564. The van der Waals surface area contributed by atoms with Crippen molar-refractivity contribution in [2.24, 2.45) is 0 Å². The lowest BCUT2D eigenvalue weighted by Crippen LogP contribution is -2.31. The average Bonchev–Trinajstić information content (AvgIpc) is 2.79. The zero-order valence-corrected chi connectivity index (χ0v) is 20.1. The highest BCUT2D eigenvalue weighted by molar-refractivity contribution is 7.89. The van der Waals surface area contributed by atoms with Crippen LogP contribution in [0.5, 0.6) is 0 Å². The molecule has 1 amide bonds. The Hall–Kier alpha value is -3.22. The van der Waals surface area contributed by atoms with Crippen LogP contribution >= 0.6 is 0 Å². The fraction of sp³-hybridized carbons (Fsp3) is 0.375. The van der Waals surface area contributed by atoms with Crippen LogP contribution in [0, 0.1) is 11.3 Å². The SMILES string of the molecule is CN(CCC#N)C(=O)COC(=O)c1ccc(CNS(=O)(=O)c2ccc(C(C)(C)C)cc2)cc1. The van der Waals surface area contributed by atoms with Gasteiger partial charge in [-0.3, -0.25) is 4.79 Å². The summed E-state index contributed by atoms with van der Waals surface area (Å²) >= 11 is 0. The van der Waals surface area contributed by atoms with Crippen molar-refractivity contribution < 1.29 is 22.7 Å². The van der Waals surface area contributed by atoms with Crippen LogP contribution in [0.15, 0.2) is 53.4 Å². The van der Waals surface area contributed by atoms with E-state index in [1.807, 2.05) is 6.07 Å². The monoisotopic (exact) mass is 471 g/mol. The molecule has 2 rings (SSSR count). The van der Waals surface area contributed by atoms with Crippen molar-refractivity contribution in [2.75, 3.05) is 20.2 Å². The molecule has 0 aliphatic heterocycles. The number of hydrogen-bond acceptors (Lipinski definition) is 6. The first-order chi connectivity index (χ1) is 15.4. The molecule has 2 aromatic carbocycles. The van der Waals surface area contributed by atoms with E-state index in [1.54, 1.807) is 36.4 Å². The molecule has 0 spiro atoms. The van der Waals surface area contributed by atoms with Crippen LogP contribution in [0.25, 0.3) is 0 Å². The third-order valence-electron chi connectivity index (χ3n) is 5.00. The molecule has 0 aromatic heterocycles. The summed E-state index contributed by atoms with van der Waals surface area (Å²) in [6, 6.07) is 15.0. The van der Waals surface area contributed by atoms with Crippen LogP contribution in [0.4, 0.5) is 0 Å². The van der Waals surface area contributed by atoms with Gasteiger partial charge in [0.2, 0.25) is 10.0 Å². The van der Waals surface area contributed by atoms with E-state index < -0.39 is 28.5 Å². The highest BCUT2D eigenvalue weighted by atomic mass is 32.2. The zero-order chi connectivity index (χ0) is 24.6. The first kappa shape index (κ1) is 26.0. The molecule has 0 bridgehead atoms. The summed E-state index contributed by atoms with van der Waals surface area (Å²) in [5.41, 5.74) is 1.87. The highest BCUT2D eigenvalue weighted by Gasteiger charge is 2.18. The van der Waals surface area contributed by atoms with Crippen molar-refractivity contribution in [2.45, 2.75) is 44.0 Å². The number of amides is 1. The smallest absolute Gasteiger partial charge is 0.338 e. The first-order valence-corrected chi connectivity index (χ1v) is 11.9. The third-order valence-corrected chi connectivity index (χ3v) is 6.42. The number of nitrogens with one attached hydrogen (secondary N) is 1. The molecular weight excluding hydrogens is 442 g/mol. The van der Waals surface area contributed by atoms with Gasteiger partial charge in [0, 0.05) is 20.1 Å². The minimum Gasteiger partial charge on any atom is -0.452 e. The molecular formula is C24H29N3O5S. The van der Waals surface area contributed by atoms with E-state index in [4.69, 9.17) is 10.00 Å². The van der Waals surface area contributed by atoms with Crippen LogP contribution in [-0.2, 0) is 31.5 Å². The van der Waals surface area contributed by atoms with E-state index in [2.05, 4.69) is 25.5 Å². The number of carbonyl (C=O) groups excluding carboxylic acids is 2. The van der Waals surface area contributed by atoms with E-state index in [9.17, 15) is 18.0 Å². The molecule has 1 N–H and O–H groups in total. The molecule has 0 atom stereocenters. The first-order valence-electron chi connectivity index (χ1n) is 10.4. The van der Waals surface area contributed by atoms with Gasteiger partial charge in [0.05, 0.1) is 22.9 Å². The lowest BCUT2D eigenvalue weighted by molar-refractivity contribution is -0.133. The van der Waals surface area contributed by atoms with Gasteiger partial charge in [0.1, 0.15) is 0 Å². The molecule has 0 unspecified atom stereocenters. The molecule has 0 fully saturated rings. The summed E-state index contributed by atoms with van der Waals surface area (Å²) in [4.78, 5) is 25.5. The number of sulfonamides is 1. The Morgan fingerprint density at radius 1 is 1.06 bits per heavy atom. The van der Waals surface area contributed by atoms with E-state index in [0.717, 1.165) is 5.56 Å². The van der Waals surface area contributed by atoms with Gasteiger partial charge < -0.3 is 9.64 Å².